The Morgan fingerprint density at radius 1 is 1.15 bits per heavy atom. The first-order valence-corrected chi connectivity index (χ1v) is 9.22. The molecule has 0 bridgehead atoms. The van der Waals surface area contributed by atoms with E-state index in [0.29, 0.717) is 24.8 Å². The molecule has 1 aromatic carbocycles. The first-order valence-electron chi connectivity index (χ1n) is 9.22. The zero-order chi connectivity index (χ0) is 19.4. The van der Waals surface area contributed by atoms with E-state index >= 15 is 0 Å². The van der Waals surface area contributed by atoms with Crippen molar-refractivity contribution in [2.24, 2.45) is 0 Å². The number of hydrazine groups is 1. The molecule has 0 unspecified atom stereocenters. The summed E-state index contributed by atoms with van der Waals surface area (Å²) in [4.78, 5) is 49.7. The number of hydrogen-bond donors (Lipinski definition) is 3. The largest absolute Gasteiger partial charge is 0.325 e. The third kappa shape index (κ3) is 3.94. The van der Waals surface area contributed by atoms with Crippen LogP contribution >= 0.6 is 0 Å². The van der Waals surface area contributed by atoms with E-state index in [4.69, 9.17) is 0 Å². The van der Waals surface area contributed by atoms with Crippen LogP contribution in [0.1, 0.15) is 54.4 Å². The Morgan fingerprint density at radius 3 is 2.56 bits per heavy atom. The minimum absolute atomic E-state index is 0.0953. The predicted molar refractivity (Wildman–Crippen MR) is 97.5 cm³/mol. The summed E-state index contributed by atoms with van der Waals surface area (Å²) >= 11 is 0. The fourth-order valence-electron chi connectivity index (χ4n) is 3.68. The Morgan fingerprint density at radius 2 is 1.85 bits per heavy atom. The van der Waals surface area contributed by atoms with Gasteiger partial charge in [-0.25, -0.2) is 4.79 Å². The van der Waals surface area contributed by atoms with Crippen molar-refractivity contribution in [2.75, 3.05) is 6.54 Å². The van der Waals surface area contributed by atoms with E-state index in [9.17, 15) is 19.2 Å². The highest BCUT2D eigenvalue weighted by molar-refractivity contribution is 6.07. The smallest absolute Gasteiger partial charge is 0.323 e. The number of carbonyl (C=O) groups is 4. The van der Waals surface area contributed by atoms with Crippen molar-refractivity contribution in [1.29, 1.82) is 0 Å². The summed E-state index contributed by atoms with van der Waals surface area (Å²) in [5.74, 6) is -0.948. The molecule has 1 spiro atoms. The molecule has 1 saturated carbocycles. The van der Waals surface area contributed by atoms with Crippen LogP contribution < -0.4 is 16.2 Å². The molecule has 1 heterocycles. The monoisotopic (exact) mass is 372 g/mol. The van der Waals surface area contributed by atoms with Crippen molar-refractivity contribution in [1.82, 2.24) is 21.1 Å². The van der Waals surface area contributed by atoms with E-state index < -0.39 is 11.4 Å². The first kappa shape index (κ1) is 18.9. The molecule has 1 aliphatic carbocycles. The van der Waals surface area contributed by atoms with Crippen molar-refractivity contribution >= 4 is 23.8 Å². The minimum atomic E-state index is -0.721. The van der Waals surface area contributed by atoms with Gasteiger partial charge in [0, 0.05) is 18.5 Å². The number of benzene rings is 1. The van der Waals surface area contributed by atoms with Crippen LogP contribution in [0.4, 0.5) is 4.79 Å². The van der Waals surface area contributed by atoms with Crippen LogP contribution in [0.3, 0.4) is 0 Å². The van der Waals surface area contributed by atoms with Gasteiger partial charge in [-0.2, -0.15) is 0 Å². The second-order valence-corrected chi connectivity index (χ2v) is 7.10. The number of aryl methyl sites for hydroxylation is 1. The normalized spacial score (nSPS) is 17.9. The molecule has 0 radical (unpaired) electrons. The minimum Gasteiger partial charge on any atom is -0.323 e. The van der Waals surface area contributed by atoms with E-state index in [1.165, 1.54) is 4.90 Å². The number of imide groups is 1. The lowest BCUT2D eigenvalue weighted by Crippen LogP contribution is -2.44. The van der Waals surface area contributed by atoms with E-state index in [1.807, 2.05) is 19.1 Å². The number of carbonyl (C=O) groups excluding carboxylic acids is 4. The topological polar surface area (TPSA) is 108 Å². The first-order chi connectivity index (χ1) is 12.9. The van der Waals surface area contributed by atoms with Gasteiger partial charge in [-0.05, 0) is 37.8 Å². The summed E-state index contributed by atoms with van der Waals surface area (Å²) in [7, 11) is 0. The van der Waals surface area contributed by atoms with E-state index in [0.717, 1.165) is 18.4 Å². The van der Waals surface area contributed by atoms with Gasteiger partial charge >= 0.3 is 6.03 Å². The maximum atomic E-state index is 12.5. The van der Waals surface area contributed by atoms with Crippen molar-refractivity contribution in [2.45, 2.75) is 51.0 Å². The molecule has 0 aromatic heterocycles. The molecule has 3 rings (SSSR count). The van der Waals surface area contributed by atoms with Gasteiger partial charge in [0.05, 0.1) is 0 Å². The number of amides is 5. The maximum Gasteiger partial charge on any atom is 0.325 e. The van der Waals surface area contributed by atoms with Gasteiger partial charge in [-0.3, -0.25) is 30.1 Å². The van der Waals surface area contributed by atoms with Gasteiger partial charge in [-0.1, -0.05) is 31.0 Å². The van der Waals surface area contributed by atoms with Crippen LogP contribution in [-0.2, 0) is 9.59 Å². The number of nitrogens with zero attached hydrogens (tertiary/aromatic N) is 1. The van der Waals surface area contributed by atoms with Crippen LogP contribution in [-0.4, -0.2) is 40.7 Å². The summed E-state index contributed by atoms with van der Waals surface area (Å²) in [5, 5.41) is 2.81. The molecule has 1 saturated heterocycles. The number of hydrogen-bond acceptors (Lipinski definition) is 4. The lowest BCUT2D eigenvalue weighted by atomic mass is 9.98. The number of rotatable bonds is 5. The molecule has 2 fully saturated rings. The lowest BCUT2D eigenvalue weighted by molar-refractivity contribution is -0.131. The maximum absolute atomic E-state index is 12.5. The van der Waals surface area contributed by atoms with Gasteiger partial charge in [0.15, 0.2) is 0 Å². The van der Waals surface area contributed by atoms with Gasteiger partial charge in [-0.15, -0.1) is 0 Å². The van der Waals surface area contributed by atoms with Crippen LogP contribution in [0.25, 0.3) is 0 Å². The number of urea groups is 1. The highest BCUT2D eigenvalue weighted by Gasteiger charge is 2.51. The standard InChI is InChI=1S/C19H24N4O4/c1-13-7-2-3-8-14(13)16(25)22-21-15(24)9-6-12-23-17(26)19(20-18(23)27)10-4-5-11-19/h2-3,7-8H,4-6,9-12H2,1H3,(H,20,27)(H,21,24)(H,22,25). The van der Waals surface area contributed by atoms with Crippen molar-refractivity contribution in [3.05, 3.63) is 35.4 Å². The zero-order valence-corrected chi connectivity index (χ0v) is 15.3. The van der Waals surface area contributed by atoms with Crippen LogP contribution in [0.2, 0.25) is 0 Å². The molecule has 2 aliphatic rings. The Balaban J connectivity index is 1.42. The Hall–Kier alpha value is -2.90. The molecule has 144 valence electrons. The molecule has 3 N–H and O–H groups in total. The fraction of sp³-hybridized carbons (Fsp3) is 0.474. The predicted octanol–water partition coefficient (Wildman–Crippen LogP) is 1.40. The average molecular weight is 372 g/mol. The molecule has 1 aliphatic heterocycles. The molecule has 0 atom stereocenters. The highest BCUT2D eigenvalue weighted by atomic mass is 16.2. The van der Waals surface area contributed by atoms with Gasteiger partial charge in [0.1, 0.15) is 5.54 Å². The third-order valence-corrected chi connectivity index (χ3v) is 5.19. The van der Waals surface area contributed by atoms with E-state index in [-0.39, 0.29) is 30.8 Å². The van der Waals surface area contributed by atoms with E-state index in [1.54, 1.807) is 12.1 Å². The third-order valence-electron chi connectivity index (χ3n) is 5.19. The molecule has 8 heteroatoms. The Labute approximate surface area is 157 Å². The van der Waals surface area contributed by atoms with Crippen molar-refractivity contribution < 1.29 is 19.2 Å². The highest BCUT2D eigenvalue weighted by Crippen LogP contribution is 2.35. The SMILES string of the molecule is Cc1ccccc1C(=O)NNC(=O)CCCN1C(=O)NC2(CCCC2)C1=O. The molecule has 1 aromatic rings. The van der Waals surface area contributed by atoms with Crippen molar-refractivity contribution in [3.8, 4) is 0 Å². The quantitative estimate of drug-likeness (QED) is 0.536. The van der Waals surface area contributed by atoms with Crippen LogP contribution in [0.5, 0.6) is 0 Å². The zero-order valence-electron chi connectivity index (χ0n) is 15.3. The summed E-state index contributed by atoms with van der Waals surface area (Å²) in [6, 6.07) is 6.68. The van der Waals surface area contributed by atoms with E-state index in [2.05, 4.69) is 16.2 Å². The van der Waals surface area contributed by atoms with Gasteiger partial charge < -0.3 is 5.32 Å². The fourth-order valence-corrected chi connectivity index (χ4v) is 3.68. The molecule has 5 amide bonds. The molecular formula is C19H24N4O4. The summed E-state index contributed by atoms with van der Waals surface area (Å²) in [5.41, 5.74) is 5.31. The summed E-state index contributed by atoms with van der Waals surface area (Å²) < 4.78 is 0. The Kier molecular flexibility index (Phi) is 5.43. The van der Waals surface area contributed by atoms with Gasteiger partial charge in [0.25, 0.3) is 11.8 Å². The Bertz CT molecular complexity index is 771. The summed E-state index contributed by atoms with van der Waals surface area (Å²) in [6.07, 6.45) is 3.66. The average Bonchev–Trinajstić information content (AvgIpc) is 3.20. The lowest BCUT2D eigenvalue weighted by Gasteiger charge is -2.19. The van der Waals surface area contributed by atoms with Crippen LogP contribution in [0.15, 0.2) is 24.3 Å². The molecule has 8 nitrogen and oxygen atoms in total. The second-order valence-electron chi connectivity index (χ2n) is 7.10. The van der Waals surface area contributed by atoms with Gasteiger partial charge in [0.2, 0.25) is 5.91 Å². The van der Waals surface area contributed by atoms with Crippen molar-refractivity contribution in [3.63, 3.8) is 0 Å². The molecular weight excluding hydrogens is 348 g/mol. The summed E-state index contributed by atoms with van der Waals surface area (Å²) in [6.45, 7) is 2.00. The second kappa shape index (κ2) is 7.77. The molecule has 27 heavy (non-hydrogen) atoms. The number of nitrogens with one attached hydrogen (secondary N) is 3. The van der Waals surface area contributed by atoms with Crippen LogP contribution in [0, 0.1) is 6.92 Å².